The maximum absolute atomic E-state index is 10.4. The van der Waals surface area contributed by atoms with Crippen molar-refractivity contribution >= 4 is 11.9 Å². The first-order valence-corrected chi connectivity index (χ1v) is 7.09. The number of hydrogen-bond acceptors (Lipinski definition) is 6. The summed E-state index contributed by atoms with van der Waals surface area (Å²) in [6, 6.07) is 7.83. The van der Waals surface area contributed by atoms with Gasteiger partial charge >= 0.3 is 11.9 Å². The molecule has 0 fully saturated rings. The maximum Gasteiger partial charge on any atom is 0.320 e. The molecule has 0 saturated heterocycles. The molecular weight excluding hydrogens is 300 g/mol. The summed E-state index contributed by atoms with van der Waals surface area (Å²) in [6.07, 6.45) is 2.55. The second-order valence-electron chi connectivity index (χ2n) is 4.86. The van der Waals surface area contributed by atoms with Gasteiger partial charge in [-0.3, -0.25) is 9.59 Å². The maximum atomic E-state index is 10.4. The monoisotopic (exact) mass is 328 g/mol. The summed E-state index contributed by atoms with van der Waals surface area (Å²) in [7, 11) is 0. The zero-order valence-electron chi connectivity index (χ0n) is 13.2. The van der Waals surface area contributed by atoms with Crippen LogP contribution in [0.25, 0.3) is 0 Å². The van der Waals surface area contributed by atoms with E-state index in [0.717, 1.165) is 18.4 Å². The summed E-state index contributed by atoms with van der Waals surface area (Å²) < 4.78 is 0. The van der Waals surface area contributed by atoms with Crippen LogP contribution < -0.4 is 23.4 Å². The summed E-state index contributed by atoms with van der Waals surface area (Å²) in [4.78, 5) is 20.5. The van der Waals surface area contributed by atoms with E-state index < -0.39 is 24.0 Å². The van der Waals surface area contributed by atoms with Crippen LogP contribution >= 0.6 is 0 Å². The quantitative estimate of drug-likeness (QED) is 0.368. The van der Waals surface area contributed by atoms with Crippen LogP contribution in [0.15, 0.2) is 30.3 Å². The predicted octanol–water partition coefficient (Wildman–Crippen LogP) is 0.330. The molecule has 0 radical (unpaired) electrons. The number of hydrogen-bond donors (Lipinski definition) is 6. The Morgan fingerprint density at radius 3 is 1.91 bits per heavy atom. The van der Waals surface area contributed by atoms with Crippen molar-refractivity contribution in [3.8, 4) is 0 Å². The number of rotatable bonds is 8. The van der Waals surface area contributed by atoms with Crippen LogP contribution in [-0.2, 0) is 16.0 Å². The molecule has 0 aliphatic heterocycles. The largest absolute Gasteiger partial charge is 0.480 e. The smallest absolute Gasteiger partial charge is 0.320 e. The first-order chi connectivity index (χ1) is 10.4. The highest BCUT2D eigenvalue weighted by Crippen LogP contribution is 2.01. The fourth-order valence-corrected chi connectivity index (χ4v) is 1.59. The van der Waals surface area contributed by atoms with Gasteiger partial charge < -0.3 is 33.6 Å². The summed E-state index contributed by atoms with van der Waals surface area (Å²) in [6.45, 7) is 0.604. The molecule has 0 aromatic heterocycles. The Kier molecular flexibility index (Phi) is 13.8. The molecular formula is C15H28N4O4. The van der Waals surface area contributed by atoms with Crippen LogP contribution in [0.5, 0.6) is 0 Å². The molecule has 0 aliphatic carbocycles. The van der Waals surface area contributed by atoms with Gasteiger partial charge in [-0.2, -0.15) is 0 Å². The Labute approximate surface area is 136 Å². The number of benzene rings is 1. The lowest BCUT2D eigenvalue weighted by molar-refractivity contribution is -0.139. The Balaban J connectivity index is 0. The third-order valence-electron chi connectivity index (χ3n) is 2.90. The standard InChI is InChI=1S/C9H11NO2.C6H14N2O2.H3N/c10-8(9(11)12)6-7-4-2-1-3-5-7;7-4-2-1-3-5(8)6(9)10;/h1-5,8H,6,10H2,(H,11,12);5H,1-4,7-8H2,(H,9,10);1H3/t8-;5-;/m00./s1. The van der Waals surface area contributed by atoms with Gasteiger partial charge in [-0.25, -0.2) is 0 Å². The first-order valence-electron chi connectivity index (χ1n) is 7.09. The molecule has 1 aromatic rings. The fourth-order valence-electron chi connectivity index (χ4n) is 1.59. The Bertz CT molecular complexity index is 442. The minimum Gasteiger partial charge on any atom is -0.480 e. The molecule has 0 saturated carbocycles. The molecule has 0 aliphatic rings. The van der Waals surface area contributed by atoms with Gasteiger partial charge in [0.15, 0.2) is 0 Å². The zero-order chi connectivity index (χ0) is 17.0. The molecule has 8 heteroatoms. The van der Waals surface area contributed by atoms with E-state index >= 15 is 0 Å². The fraction of sp³-hybridized carbons (Fsp3) is 0.467. The molecule has 0 unspecified atom stereocenters. The molecule has 0 bridgehead atoms. The van der Waals surface area contributed by atoms with Gasteiger partial charge in [-0.15, -0.1) is 0 Å². The van der Waals surface area contributed by atoms with Crippen LogP contribution in [0.4, 0.5) is 0 Å². The SMILES string of the molecule is N.NCCCC[C@H](N)C(=O)O.N[C@@H](Cc1ccccc1)C(=O)O. The van der Waals surface area contributed by atoms with Crippen molar-refractivity contribution in [1.82, 2.24) is 6.15 Å². The molecule has 0 spiro atoms. The summed E-state index contributed by atoms with van der Waals surface area (Å²) >= 11 is 0. The second-order valence-corrected chi connectivity index (χ2v) is 4.86. The number of nitrogens with two attached hydrogens (primary N) is 3. The van der Waals surface area contributed by atoms with Crippen molar-refractivity contribution < 1.29 is 19.8 Å². The van der Waals surface area contributed by atoms with Crippen LogP contribution in [0, 0.1) is 0 Å². The molecule has 11 N–H and O–H groups in total. The van der Waals surface area contributed by atoms with E-state index in [1.165, 1.54) is 0 Å². The average molecular weight is 328 g/mol. The van der Waals surface area contributed by atoms with Crippen molar-refractivity contribution in [2.45, 2.75) is 37.8 Å². The van der Waals surface area contributed by atoms with Crippen LogP contribution in [0.1, 0.15) is 24.8 Å². The highest BCUT2D eigenvalue weighted by molar-refractivity contribution is 5.73. The second kappa shape index (κ2) is 13.6. The van der Waals surface area contributed by atoms with Crippen molar-refractivity contribution in [2.75, 3.05) is 6.54 Å². The predicted molar refractivity (Wildman–Crippen MR) is 89.3 cm³/mol. The Morgan fingerprint density at radius 2 is 1.48 bits per heavy atom. The molecule has 2 atom stereocenters. The van der Waals surface area contributed by atoms with Gasteiger partial charge in [0.2, 0.25) is 0 Å². The third-order valence-corrected chi connectivity index (χ3v) is 2.90. The third kappa shape index (κ3) is 12.2. The number of aliphatic carboxylic acids is 2. The summed E-state index contributed by atoms with van der Waals surface area (Å²) in [5, 5.41) is 16.8. The number of carboxylic acids is 2. The van der Waals surface area contributed by atoms with Gasteiger partial charge in [0.1, 0.15) is 12.1 Å². The van der Waals surface area contributed by atoms with Crippen LogP contribution in [0.2, 0.25) is 0 Å². The van der Waals surface area contributed by atoms with E-state index in [0.29, 0.717) is 19.4 Å². The lowest BCUT2D eigenvalue weighted by Crippen LogP contribution is -2.32. The van der Waals surface area contributed by atoms with Gasteiger partial charge in [0.25, 0.3) is 0 Å². The lowest BCUT2D eigenvalue weighted by Gasteiger charge is -2.04. The molecule has 0 amide bonds. The molecule has 1 rings (SSSR count). The van der Waals surface area contributed by atoms with Crippen LogP contribution in [0.3, 0.4) is 0 Å². The van der Waals surface area contributed by atoms with Crippen molar-refractivity contribution in [3.63, 3.8) is 0 Å². The first kappa shape index (κ1) is 23.3. The minimum atomic E-state index is -0.959. The van der Waals surface area contributed by atoms with E-state index in [1.807, 2.05) is 30.3 Å². The summed E-state index contributed by atoms with van der Waals surface area (Å²) in [5.74, 6) is -1.89. The number of unbranched alkanes of at least 4 members (excludes halogenated alkanes) is 1. The Hall–Kier alpha value is -2.00. The number of carbonyl (C=O) groups is 2. The van der Waals surface area contributed by atoms with E-state index in [4.69, 9.17) is 27.4 Å². The van der Waals surface area contributed by atoms with E-state index in [2.05, 4.69) is 0 Å². The highest BCUT2D eigenvalue weighted by atomic mass is 16.4. The molecule has 8 nitrogen and oxygen atoms in total. The van der Waals surface area contributed by atoms with E-state index in [1.54, 1.807) is 0 Å². The van der Waals surface area contributed by atoms with E-state index in [9.17, 15) is 9.59 Å². The molecule has 132 valence electrons. The lowest BCUT2D eigenvalue weighted by atomic mass is 10.1. The normalized spacial score (nSPS) is 12.1. The average Bonchev–Trinajstić information content (AvgIpc) is 2.48. The zero-order valence-corrected chi connectivity index (χ0v) is 13.2. The molecule has 23 heavy (non-hydrogen) atoms. The van der Waals surface area contributed by atoms with Crippen molar-refractivity contribution in [3.05, 3.63) is 35.9 Å². The Morgan fingerprint density at radius 1 is 0.957 bits per heavy atom. The van der Waals surface area contributed by atoms with Gasteiger partial charge in [-0.05, 0) is 31.4 Å². The van der Waals surface area contributed by atoms with Gasteiger partial charge in [-0.1, -0.05) is 36.8 Å². The van der Waals surface area contributed by atoms with Gasteiger partial charge in [0.05, 0.1) is 0 Å². The van der Waals surface area contributed by atoms with Crippen LogP contribution in [-0.4, -0.2) is 40.8 Å². The van der Waals surface area contributed by atoms with Crippen molar-refractivity contribution in [2.24, 2.45) is 17.2 Å². The van der Waals surface area contributed by atoms with E-state index in [-0.39, 0.29) is 6.15 Å². The molecule has 0 heterocycles. The van der Waals surface area contributed by atoms with Crippen molar-refractivity contribution in [1.29, 1.82) is 0 Å². The number of carboxylic acid groups (broad SMARTS) is 2. The summed E-state index contributed by atoms with van der Waals surface area (Å²) in [5.41, 5.74) is 16.7. The molecule has 1 aromatic carbocycles. The topological polar surface area (TPSA) is 188 Å². The van der Waals surface area contributed by atoms with Gasteiger partial charge in [0, 0.05) is 0 Å². The minimum absolute atomic E-state index is 0. The highest BCUT2D eigenvalue weighted by Gasteiger charge is 2.11.